The van der Waals surface area contributed by atoms with Gasteiger partial charge >= 0.3 is 0 Å². The molecule has 0 spiro atoms. The third-order valence-corrected chi connectivity index (χ3v) is 3.98. The largest absolute Gasteiger partial charge is 0.495 e. The average Bonchev–Trinajstić information content (AvgIpc) is 2.64. The van der Waals surface area contributed by atoms with Gasteiger partial charge in [0.2, 0.25) is 5.95 Å². The molecule has 7 heteroatoms. The Bertz CT molecular complexity index is 857. The molecule has 3 aromatic rings. The van der Waals surface area contributed by atoms with Gasteiger partial charge in [-0.25, -0.2) is 4.98 Å². The van der Waals surface area contributed by atoms with E-state index < -0.39 is 0 Å². The molecule has 2 N–H and O–H groups in total. The van der Waals surface area contributed by atoms with Gasteiger partial charge < -0.3 is 15.4 Å². The van der Waals surface area contributed by atoms with E-state index in [1.54, 1.807) is 37.8 Å². The molecule has 0 radical (unpaired) electrons. The maximum Gasteiger partial charge on any atom is 0.224 e. The van der Waals surface area contributed by atoms with E-state index in [2.05, 4.69) is 25.6 Å². The molecular weight excluding hydrogens is 338 g/mol. The highest BCUT2D eigenvalue weighted by Crippen LogP contribution is 2.32. The van der Waals surface area contributed by atoms with Crippen LogP contribution in [0.1, 0.15) is 11.1 Å². The van der Waals surface area contributed by atoms with E-state index in [1.807, 2.05) is 25.1 Å². The number of pyridine rings is 1. The van der Waals surface area contributed by atoms with Gasteiger partial charge in [-0.05, 0) is 36.2 Å². The van der Waals surface area contributed by atoms with Crippen LogP contribution < -0.4 is 15.4 Å². The number of methoxy groups -OCH3 is 1. The van der Waals surface area contributed by atoms with Crippen LogP contribution in [0.15, 0.2) is 48.9 Å². The molecule has 0 amide bonds. The zero-order valence-electron chi connectivity index (χ0n) is 14.0. The number of halogens is 1. The molecule has 3 rings (SSSR count). The van der Waals surface area contributed by atoms with Crippen molar-refractivity contribution in [2.24, 2.45) is 0 Å². The first-order valence-corrected chi connectivity index (χ1v) is 8.10. The normalized spacial score (nSPS) is 10.4. The molecule has 2 heterocycles. The zero-order chi connectivity index (χ0) is 17.6. The molecule has 1 aromatic carbocycles. The summed E-state index contributed by atoms with van der Waals surface area (Å²) >= 11 is 6.14. The van der Waals surface area contributed by atoms with Crippen molar-refractivity contribution in [2.45, 2.75) is 13.5 Å². The van der Waals surface area contributed by atoms with E-state index in [0.717, 1.165) is 16.8 Å². The lowest BCUT2D eigenvalue weighted by molar-refractivity contribution is 0.416. The lowest BCUT2D eigenvalue weighted by Gasteiger charge is -2.13. The van der Waals surface area contributed by atoms with E-state index in [-0.39, 0.29) is 0 Å². The van der Waals surface area contributed by atoms with Crippen LogP contribution in [0, 0.1) is 6.92 Å². The molecule has 0 unspecified atom stereocenters. The third-order valence-electron chi connectivity index (χ3n) is 3.57. The van der Waals surface area contributed by atoms with Crippen LogP contribution in [0.5, 0.6) is 5.75 Å². The molecule has 0 aliphatic heterocycles. The fourth-order valence-corrected chi connectivity index (χ4v) is 2.42. The summed E-state index contributed by atoms with van der Waals surface area (Å²) in [5.41, 5.74) is 2.80. The Morgan fingerprint density at radius 1 is 1.20 bits per heavy atom. The van der Waals surface area contributed by atoms with Gasteiger partial charge in [0.15, 0.2) is 0 Å². The van der Waals surface area contributed by atoms with Crippen molar-refractivity contribution in [3.8, 4) is 5.75 Å². The summed E-state index contributed by atoms with van der Waals surface area (Å²) in [7, 11) is 1.60. The zero-order valence-corrected chi connectivity index (χ0v) is 14.7. The summed E-state index contributed by atoms with van der Waals surface area (Å²) in [6.45, 7) is 2.54. The molecule has 0 atom stereocenters. The highest BCUT2D eigenvalue weighted by molar-refractivity contribution is 6.31. The van der Waals surface area contributed by atoms with Gasteiger partial charge in [-0.2, -0.15) is 4.98 Å². The molecule has 0 saturated carbocycles. The monoisotopic (exact) mass is 355 g/mol. The number of hydrogen-bond acceptors (Lipinski definition) is 6. The van der Waals surface area contributed by atoms with E-state index in [4.69, 9.17) is 16.3 Å². The maximum atomic E-state index is 6.14. The standard InChI is InChI=1S/C18H18ClN5O/c1-12-8-15(16(25-2)9-14(12)19)23-17-5-7-21-18(24-17)22-11-13-4-3-6-20-10-13/h3-10H,11H2,1-2H3,(H2,21,22,23,24). The number of nitrogens with zero attached hydrogens (tertiary/aromatic N) is 3. The number of ether oxygens (including phenoxy) is 1. The fourth-order valence-electron chi connectivity index (χ4n) is 2.27. The molecule has 0 aliphatic rings. The average molecular weight is 356 g/mol. The maximum absolute atomic E-state index is 6.14. The Morgan fingerprint density at radius 2 is 2.08 bits per heavy atom. The summed E-state index contributed by atoms with van der Waals surface area (Å²) in [5.74, 6) is 1.83. The van der Waals surface area contributed by atoms with Gasteiger partial charge in [0.25, 0.3) is 0 Å². The van der Waals surface area contributed by atoms with Crippen LogP contribution in [0.3, 0.4) is 0 Å². The molecular formula is C18H18ClN5O. The van der Waals surface area contributed by atoms with Crippen molar-refractivity contribution in [3.05, 3.63) is 65.1 Å². The van der Waals surface area contributed by atoms with Gasteiger partial charge in [-0.3, -0.25) is 4.98 Å². The quantitative estimate of drug-likeness (QED) is 0.690. The van der Waals surface area contributed by atoms with Crippen molar-refractivity contribution < 1.29 is 4.74 Å². The Morgan fingerprint density at radius 3 is 2.84 bits per heavy atom. The number of aryl methyl sites for hydroxylation is 1. The molecule has 0 saturated heterocycles. The second-order valence-electron chi connectivity index (χ2n) is 5.41. The van der Waals surface area contributed by atoms with Crippen LogP contribution in [0.2, 0.25) is 5.02 Å². The second kappa shape index (κ2) is 7.81. The highest BCUT2D eigenvalue weighted by atomic mass is 35.5. The number of hydrogen-bond donors (Lipinski definition) is 2. The van der Waals surface area contributed by atoms with Crippen molar-refractivity contribution >= 4 is 29.1 Å². The second-order valence-corrected chi connectivity index (χ2v) is 5.81. The molecule has 6 nitrogen and oxygen atoms in total. The summed E-state index contributed by atoms with van der Waals surface area (Å²) in [6.07, 6.45) is 5.23. The van der Waals surface area contributed by atoms with E-state index in [9.17, 15) is 0 Å². The summed E-state index contributed by atoms with van der Waals surface area (Å²) in [5, 5.41) is 7.08. The van der Waals surface area contributed by atoms with Crippen molar-refractivity contribution in [1.29, 1.82) is 0 Å². The van der Waals surface area contributed by atoms with Gasteiger partial charge in [0, 0.05) is 36.2 Å². The molecule has 2 aromatic heterocycles. The van der Waals surface area contributed by atoms with Crippen LogP contribution >= 0.6 is 11.6 Å². The topological polar surface area (TPSA) is 72.0 Å². The van der Waals surface area contributed by atoms with Crippen molar-refractivity contribution in [3.63, 3.8) is 0 Å². The Labute approximate surface area is 151 Å². The predicted molar refractivity (Wildman–Crippen MR) is 99.6 cm³/mol. The molecule has 128 valence electrons. The van der Waals surface area contributed by atoms with Crippen LogP contribution in [0.25, 0.3) is 0 Å². The fraction of sp³-hybridized carbons (Fsp3) is 0.167. The smallest absolute Gasteiger partial charge is 0.224 e. The van der Waals surface area contributed by atoms with Crippen LogP contribution in [-0.2, 0) is 6.54 Å². The van der Waals surface area contributed by atoms with E-state index in [0.29, 0.717) is 29.1 Å². The molecule has 0 aliphatic carbocycles. The Kier molecular flexibility index (Phi) is 5.30. The lowest BCUT2D eigenvalue weighted by atomic mass is 10.2. The van der Waals surface area contributed by atoms with Crippen molar-refractivity contribution in [1.82, 2.24) is 15.0 Å². The lowest BCUT2D eigenvalue weighted by Crippen LogP contribution is -2.05. The molecule has 25 heavy (non-hydrogen) atoms. The predicted octanol–water partition coefficient (Wildman–Crippen LogP) is 4.20. The minimum absolute atomic E-state index is 0.526. The number of anilines is 3. The first-order valence-electron chi connectivity index (χ1n) is 7.72. The molecule has 0 fully saturated rings. The third kappa shape index (κ3) is 4.36. The van der Waals surface area contributed by atoms with Gasteiger partial charge in [-0.1, -0.05) is 17.7 Å². The minimum Gasteiger partial charge on any atom is -0.495 e. The first-order chi connectivity index (χ1) is 12.2. The summed E-state index contributed by atoms with van der Waals surface area (Å²) in [4.78, 5) is 12.8. The molecule has 0 bridgehead atoms. The summed E-state index contributed by atoms with van der Waals surface area (Å²) < 4.78 is 5.38. The number of nitrogens with one attached hydrogen (secondary N) is 2. The van der Waals surface area contributed by atoms with Gasteiger partial charge in [-0.15, -0.1) is 0 Å². The Hall–Kier alpha value is -2.86. The van der Waals surface area contributed by atoms with Gasteiger partial charge in [0.1, 0.15) is 11.6 Å². The summed E-state index contributed by atoms with van der Waals surface area (Å²) in [6, 6.07) is 9.38. The van der Waals surface area contributed by atoms with Crippen molar-refractivity contribution in [2.75, 3.05) is 17.7 Å². The van der Waals surface area contributed by atoms with Gasteiger partial charge in [0.05, 0.1) is 12.8 Å². The van der Waals surface area contributed by atoms with E-state index >= 15 is 0 Å². The SMILES string of the molecule is COc1cc(Cl)c(C)cc1Nc1ccnc(NCc2cccnc2)n1. The number of benzene rings is 1. The number of aromatic nitrogens is 3. The van der Waals surface area contributed by atoms with Crippen LogP contribution in [0.4, 0.5) is 17.5 Å². The minimum atomic E-state index is 0.526. The number of rotatable bonds is 6. The van der Waals surface area contributed by atoms with Crippen LogP contribution in [-0.4, -0.2) is 22.1 Å². The highest BCUT2D eigenvalue weighted by Gasteiger charge is 2.08. The van der Waals surface area contributed by atoms with E-state index in [1.165, 1.54) is 0 Å². The first kappa shape index (κ1) is 17.0. The Balaban J connectivity index is 1.75.